The molecule has 5 rings (SSSR count). The van der Waals surface area contributed by atoms with Crippen LogP contribution in [0.15, 0.2) is 72.9 Å². The minimum atomic E-state index is 1.03. The third-order valence-corrected chi connectivity index (χ3v) is 4.19. The Kier molecular flexibility index (Phi) is 2.22. The quantitative estimate of drug-likeness (QED) is 0.477. The van der Waals surface area contributed by atoms with Gasteiger partial charge in [-0.1, -0.05) is 36.4 Å². The van der Waals surface area contributed by atoms with Gasteiger partial charge in [-0.3, -0.25) is 9.55 Å². The van der Waals surface area contributed by atoms with Crippen LogP contribution in [0.5, 0.6) is 0 Å². The standard InChI is InChI=1S/C19H13N3/c1-2-7-13(8-3-1)22-16-11-5-4-9-14(16)17-18-15(21-19(17)22)10-6-12-20-18/h1-12,21H. The average Bonchev–Trinajstić information content (AvgIpc) is 3.10. The Morgan fingerprint density at radius 2 is 1.64 bits per heavy atom. The second-order valence-corrected chi connectivity index (χ2v) is 5.44. The highest BCUT2D eigenvalue weighted by Crippen LogP contribution is 2.35. The summed E-state index contributed by atoms with van der Waals surface area (Å²) in [6.07, 6.45) is 1.85. The highest BCUT2D eigenvalue weighted by molar-refractivity contribution is 6.19. The number of aromatic nitrogens is 3. The minimum Gasteiger partial charge on any atom is -0.339 e. The minimum absolute atomic E-state index is 1.03. The van der Waals surface area contributed by atoms with Gasteiger partial charge in [0.25, 0.3) is 0 Å². The lowest BCUT2D eigenvalue weighted by atomic mass is 10.2. The van der Waals surface area contributed by atoms with E-state index in [0.717, 1.165) is 22.4 Å². The number of aromatic amines is 1. The summed E-state index contributed by atoms with van der Waals surface area (Å²) in [5.41, 5.74) is 5.55. The van der Waals surface area contributed by atoms with Crippen LogP contribution in [0.4, 0.5) is 0 Å². The first kappa shape index (κ1) is 11.6. The Morgan fingerprint density at radius 1 is 0.818 bits per heavy atom. The van der Waals surface area contributed by atoms with Crippen molar-refractivity contribution in [2.45, 2.75) is 0 Å². The van der Waals surface area contributed by atoms with E-state index in [1.54, 1.807) is 0 Å². The molecule has 0 aliphatic heterocycles. The van der Waals surface area contributed by atoms with Crippen molar-refractivity contribution in [1.29, 1.82) is 0 Å². The van der Waals surface area contributed by atoms with Crippen molar-refractivity contribution in [3.8, 4) is 5.69 Å². The zero-order chi connectivity index (χ0) is 14.5. The van der Waals surface area contributed by atoms with Gasteiger partial charge in [-0.25, -0.2) is 0 Å². The summed E-state index contributed by atoms with van der Waals surface area (Å²) >= 11 is 0. The maximum absolute atomic E-state index is 4.58. The van der Waals surface area contributed by atoms with Crippen molar-refractivity contribution < 1.29 is 0 Å². The first-order valence-electron chi connectivity index (χ1n) is 7.35. The van der Waals surface area contributed by atoms with Crippen LogP contribution in [0.3, 0.4) is 0 Å². The maximum atomic E-state index is 4.58. The molecule has 104 valence electrons. The highest BCUT2D eigenvalue weighted by atomic mass is 15.1. The van der Waals surface area contributed by atoms with Gasteiger partial charge in [-0.15, -0.1) is 0 Å². The van der Waals surface area contributed by atoms with E-state index in [2.05, 4.69) is 69.1 Å². The number of hydrogen-bond donors (Lipinski definition) is 1. The molecule has 2 aromatic carbocycles. The Morgan fingerprint density at radius 3 is 2.55 bits per heavy atom. The molecule has 0 amide bonds. The Balaban J connectivity index is 2.07. The molecule has 0 atom stereocenters. The predicted octanol–water partition coefficient (Wildman–Crippen LogP) is 4.66. The third kappa shape index (κ3) is 1.42. The second kappa shape index (κ2) is 4.21. The zero-order valence-corrected chi connectivity index (χ0v) is 11.8. The van der Waals surface area contributed by atoms with Crippen LogP contribution >= 0.6 is 0 Å². The summed E-state index contributed by atoms with van der Waals surface area (Å²) in [7, 11) is 0. The fourth-order valence-electron chi connectivity index (χ4n) is 3.28. The van der Waals surface area contributed by atoms with Gasteiger partial charge in [-0.05, 0) is 30.3 Å². The predicted molar refractivity (Wildman–Crippen MR) is 90.4 cm³/mol. The largest absolute Gasteiger partial charge is 0.339 e. The lowest BCUT2D eigenvalue weighted by Crippen LogP contribution is -1.93. The van der Waals surface area contributed by atoms with Crippen LogP contribution in [0.1, 0.15) is 0 Å². The lowest BCUT2D eigenvalue weighted by molar-refractivity contribution is 1.15. The van der Waals surface area contributed by atoms with Crippen molar-refractivity contribution in [3.05, 3.63) is 72.9 Å². The molecule has 0 unspecified atom stereocenters. The average molecular weight is 283 g/mol. The molecular formula is C19H13N3. The molecule has 0 aliphatic carbocycles. The Hall–Kier alpha value is -3.07. The molecule has 22 heavy (non-hydrogen) atoms. The van der Waals surface area contributed by atoms with Crippen molar-refractivity contribution in [1.82, 2.24) is 14.5 Å². The fourth-order valence-corrected chi connectivity index (χ4v) is 3.28. The first-order chi connectivity index (χ1) is 10.9. The van der Waals surface area contributed by atoms with Crippen molar-refractivity contribution >= 4 is 33.0 Å². The van der Waals surface area contributed by atoms with Crippen LogP contribution < -0.4 is 0 Å². The highest BCUT2D eigenvalue weighted by Gasteiger charge is 2.16. The Bertz CT molecular complexity index is 1120. The van der Waals surface area contributed by atoms with Gasteiger partial charge in [0.1, 0.15) is 5.65 Å². The van der Waals surface area contributed by atoms with Gasteiger partial charge >= 0.3 is 0 Å². The zero-order valence-electron chi connectivity index (χ0n) is 11.8. The van der Waals surface area contributed by atoms with Gasteiger partial charge in [0, 0.05) is 17.3 Å². The first-order valence-corrected chi connectivity index (χ1v) is 7.35. The lowest BCUT2D eigenvalue weighted by Gasteiger charge is -2.06. The summed E-state index contributed by atoms with van der Waals surface area (Å²) in [5.74, 6) is 0. The van der Waals surface area contributed by atoms with Crippen molar-refractivity contribution in [3.63, 3.8) is 0 Å². The van der Waals surface area contributed by atoms with E-state index in [0.29, 0.717) is 0 Å². The molecule has 1 N–H and O–H groups in total. The molecule has 0 aliphatic rings. The van der Waals surface area contributed by atoms with E-state index in [4.69, 9.17) is 0 Å². The van der Waals surface area contributed by atoms with Crippen LogP contribution in [-0.4, -0.2) is 14.5 Å². The van der Waals surface area contributed by atoms with Gasteiger partial charge in [0.05, 0.1) is 21.9 Å². The van der Waals surface area contributed by atoms with Crippen LogP contribution in [0, 0.1) is 0 Å². The molecular weight excluding hydrogens is 270 g/mol. The summed E-state index contributed by atoms with van der Waals surface area (Å²) < 4.78 is 2.27. The molecule has 0 fully saturated rings. The SMILES string of the molecule is c1ccc(-n2c3ccccc3c3c4ncccc4[nH]c32)cc1. The van der Waals surface area contributed by atoms with E-state index in [1.165, 1.54) is 16.3 Å². The third-order valence-electron chi connectivity index (χ3n) is 4.19. The number of pyridine rings is 1. The number of benzene rings is 2. The smallest absolute Gasteiger partial charge is 0.125 e. The molecule has 3 aromatic heterocycles. The fraction of sp³-hybridized carbons (Fsp3) is 0. The number of hydrogen-bond acceptors (Lipinski definition) is 1. The molecule has 5 aromatic rings. The molecule has 0 spiro atoms. The van der Waals surface area contributed by atoms with Crippen LogP contribution in [0.25, 0.3) is 38.7 Å². The summed E-state index contributed by atoms with van der Waals surface area (Å²) in [5, 5.41) is 2.42. The van der Waals surface area contributed by atoms with E-state index >= 15 is 0 Å². The summed E-state index contributed by atoms with van der Waals surface area (Å²) in [6.45, 7) is 0. The van der Waals surface area contributed by atoms with Crippen molar-refractivity contribution in [2.24, 2.45) is 0 Å². The number of para-hydroxylation sites is 2. The van der Waals surface area contributed by atoms with Gasteiger partial charge in [0.2, 0.25) is 0 Å². The molecule has 0 saturated carbocycles. The molecule has 0 radical (unpaired) electrons. The Labute approximate surface area is 126 Å². The summed E-state index contributed by atoms with van der Waals surface area (Å²) in [6, 6.07) is 23.0. The van der Waals surface area contributed by atoms with E-state index in [1.807, 2.05) is 18.3 Å². The number of rotatable bonds is 1. The maximum Gasteiger partial charge on any atom is 0.125 e. The van der Waals surface area contributed by atoms with Gasteiger partial charge < -0.3 is 4.98 Å². The normalized spacial score (nSPS) is 11.6. The van der Waals surface area contributed by atoms with Crippen LogP contribution in [0.2, 0.25) is 0 Å². The number of H-pyrrole nitrogens is 1. The molecule has 0 bridgehead atoms. The van der Waals surface area contributed by atoms with Gasteiger partial charge in [0.15, 0.2) is 0 Å². The second-order valence-electron chi connectivity index (χ2n) is 5.44. The molecule has 3 heterocycles. The van der Waals surface area contributed by atoms with Crippen LogP contribution in [-0.2, 0) is 0 Å². The van der Waals surface area contributed by atoms with E-state index in [-0.39, 0.29) is 0 Å². The molecule has 3 heteroatoms. The topological polar surface area (TPSA) is 33.6 Å². The monoisotopic (exact) mass is 283 g/mol. The number of nitrogens with zero attached hydrogens (tertiary/aromatic N) is 2. The molecule has 0 saturated heterocycles. The molecule has 3 nitrogen and oxygen atoms in total. The van der Waals surface area contributed by atoms with E-state index in [9.17, 15) is 0 Å². The van der Waals surface area contributed by atoms with Gasteiger partial charge in [-0.2, -0.15) is 0 Å². The van der Waals surface area contributed by atoms with E-state index < -0.39 is 0 Å². The van der Waals surface area contributed by atoms with Crippen molar-refractivity contribution in [2.75, 3.05) is 0 Å². The number of nitrogens with one attached hydrogen (secondary N) is 1. The number of fused-ring (bicyclic) bond motifs is 5. The summed E-state index contributed by atoms with van der Waals surface area (Å²) in [4.78, 5) is 8.12.